The largest absolute Gasteiger partial charge is 0.347 e. The fraction of sp³-hybridized carbons (Fsp3) is 0.467. The third kappa shape index (κ3) is 0.773. The first-order chi connectivity index (χ1) is 9.62. The second-order valence-electron chi connectivity index (χ2n) is 6.38. The van der Waals surface area contributed by atoms with Gasteiger partial charge in [0.25, 0.3) is 0 Å². The number of hydrogen-bond acceptors (Lipinski definition) is 2. The van der Waals surface area contributed by atoms with Crippen LogP contribution in [0.1, 0.15) is 24.9 Å². The van der Waals surface area contributed by atoms with Gasteiger partial charge in [0, 0.05) is 17.9 Å². The van der Waals surface area contributed by atoms with Crippen LogP contribution in [0.25, 0.3) is 0 Å². The molecular formula is C15H15N3O2. The lowest BCUT2D eigenvalue weighted by Gasteiger charge is -2.65. The molecule has 20 heavy (non-hydrogen) atoms. The Balaban J connectivity index is 1.92. The average Bonchev–Trinajstić information content (AvgIpc) is 2.67. The first-order valence-corrected chi connectivity index (χ1v) is 7.06. The minimum atomic E-state index is -0.202. The molecule has 3 aliphatic carbocycles. The third-order valence-corrected chi connectivity index (χ3v) is 5.88. The minimum Gasteiger partial charge on any atom is -0.246 e. The molecule has 4 atom stereocenters. The van der Waals surface area contributed by atoms with Crippen molar-refractivity contribution in [1.29, 1.82) is 0 Å². The number of aromatic nitrogens is 3. The van der Waals surface area contributed by atoms with Gasteiger partial charge in [0.2, 0.25) is 0 Å². The standard InChI is InChI=1S/C15H15N3O2/c1-16-12(19)17-10-4-5-11(18(17)13(16)20)15-7-3-2-6-14(10,15)8-9-15/h2-5,8-11H,6-7H2,1H3/t10-,11-,14+,15+/m0/s1. The molecule has 5 aliphatic rings. The van der Waals surface area contributed by atoms with Gasteiger partial charge in [0.05, 0.1) is 12.1 Å². The van der Waals surface area contributed by atoms with Gasteiger partial charge in [0.1, 0.15) is 0 Å². The Bertz CT molecular complexity index is 784. The fourth-order valence-electron chi connectivity index (χ4n) is 4.81. The molecule has 1 aromatic heterocycles. The van der Waals surface area contributed by atoms with Crippen LogP contribution in [0.5, 0.6) is 0 Å². The molecular weight excluding hydrogens is 254 g/mol. The zero-order valence-electron chi connectivity index (χ0n) is 11.2. The van der Waals surface area contributed by atoms with Crippen LogP contribution in [0.3, 0.4) is 0 Å². The molecule has 3 heterocycles. The van der Waals surface area contributed by atoms with Crippen molar-refractivity contribution >= 4 is 0 Å². The second-order valence-corrected chi connectivity index (χ2v) is 6.38. The van der Waals surface area contributed by atoms with Gasteiger partial charge < -0.3 is 0 Å². The topological polar surface area (TPSA) is 48.9 Å². The van der Waals surface area contributed by atoms with Crippen molar-refractivity contribution in [1.82, 2.24) is 13.9 Å². The van der Waals surface area contributed by atoms with Crippen molar-refractivity contribution in [3.05, 3.63) is 57.4 Å². The van der Waals surface area contributed by atoms with E-state index in [1.165, 1.54) is 4.57 Å². The van der Waals surface area contributed by atoms with Crippen LogP contribution in [0.4, 0.5) is 0 Å². The maximum Gasteiger partial charge on any atom is 0.347 e. The van der Waals surface area contributed by atoms with E-state index in [1.54, 1.807) is 16.4 Å². The van der Waals surface area contributed by atoms with E-state index in [1.807, 2.05) is 0 Å². The molecule has 0 fully saturated rings. The van der Waals surface area contributed by atoms with Crippen LogP contribution in [0.15, 0.2) is 46.0 Å². The predicted molar refractivity (Wildman–Crippen MR) is 73.5 cm³/mol. The zero-order chi connectivity index (χ0) is 13.7. The number of allylic oxidation sites excluding steroid dienone is 6. The lowest BCUT2D eigenvalue weighted by atomic mass is 9.43. The van der Waals surface area contributed by atoms with Crippen LogP contribution >= 0.6 is 0 Å². The van der Waals surface area contributed by atoms with Crippen molar-refractivity contribution in [3.8, 4) is 0 Å². The van der Waals surface area contributed by atoms with Gasteiger partial charge in [-0.3, -0.25) is 0 Å². The van der Waals surface area contributed by atoms with Gasteiger partial charge in [-0.25, -0.2) is 23.5 Å². The van der Waals surface area contributed by atoms with Gasteiger partial charge in [0.15, 0.2) is 0 Å². The van der Waals surface area contributed by atoms with Gasteiger partial charge in [-0.15, -0.1) is 0 Å². The Kier molecular flexibility index (Phi) is 1.52. The second kappa shape index (κ2) is 2.85. The molecule has 0 N–H and O–H groups in total. The highest BCUT2D eigenvalue weighted by molar-refractivity contribution is 5.43. The third-order valence-electron chi connectivity index (χ3n) is 5.88. The van der Waals surface area contributed by atoms with Crippen LogP contribution < -0.4 is 11.4 Å². The smallest absolute Gasteiger partial charge is 0.246 e. The SMILES string of the molecule is Cn1c(=O)n2n(c1=O)[C@H]1C=C[C@H]2[C@@]23C=C[C@]12CC=CC3. The summed E-state index contributed by atoms with van der Waals surface area (Å²) in [5.74, 6) is 0. The van der Waals surface area contributed by atoms with E-state index in [4.69, 9.17) is 0 Å². The van der Waals surface area contributed by atoms with Crippen LogP contribution in [-0.2, 0) is 7.05 Å². The summed E-state index contributed by atoms with van der Waals surface area (Å²) in [5, 5.41) is 0. The zero-order valence-corrected chi connectivity index (χ0v) is 11.2. The van der Waals surface area contributed by atoms with E-state index in [2.05, 4.69) is 36.5 Å². The monoisotopic (exact) mass is 269 g/mol. The van der Waals surface area contributed by atoms with Crippen molar-refractivity contribution in [3.63, 3.8) is 0 Å². The Morgan fingerprint density at radius 3 is 1.80 bits per heavy atom. The minimum absolute atomic E-state index is 0.0151. The van der Waals surface area contributed by atoms with Gasteiger partial charge in [-0.1, -0.05) is 36.5 Å². The van der Waals surface area contributed by atoms with E-state index in [0.29, 0.717) is 0 Å². The van der Waals surface area contributed by atoms with Gasteiger partial charge in [-0.2, -0.15) is 0 Å². The van der Waals surface area contributed by atoms with Gasteiger partial charge in [-0.05, 0) is 12.8 Å². The molecule has 1 aromatic rings. The highest BCUT2D eigenvalue weighted by atomic mass is 16.2. The number of rotatable bonds is 0. The molecule has 0 spiro atoms. The fourth-order valence-corrected chi connectivity index (χ4v) is 4.81. The molecule has 5 heteroatoms. The Morgan fingerprint density at radius 1 is 0.950 bits per heavy atom. The molecule has 0 unspecified atom stereocenters. The summed E-state index contributed by atoms with van der Waals surface area (Å²) in [5.41, 5.74) is -0.434. The Hall–Kier alpha value is -2.04. The van der Waals surface area contributed by atoms with Crippen molar-refractivity contribution in [2.75, 3.05) is 0 Å². The summed E-state index contributed by atoms with van der Waals surface area (Å²) in [6.45, 7) is 0. The van der Waals surface area contributed by atoms with Crippen LogP contribution in [-0.4, -0.2) is 13.9 Å². The molecule has 0 amide bonds. The number of hydrogen-bond donors (Lipinski definition) is 0. The molecule has 5 nitrogen and oxygen atoms in total. The Labute approximate surface area is 115 Å². The highest BCUT2D eigenvalue weighted by Gasteiger charge is 2.67. The van der Waals surface area contributed by atoms with E-state index < -0.39 is 0 Å². The van der Waals surface area contributed by atoms with Crippen molar-refractivity contribution < 1.29 is 0 Å². The maximum absolute atomic E-state index is 12.4. The summed E-state index contributed by atoms with van der Waals surface area (Å²) >= 11 is 0. The number of nitrogens with zero attached hydrogens (tertiary/aromatic N) is 3. The molecule has 6 rings (SSSR count). The molecule has 102 valence electrons. The summed E-state index contributed by atoms with van der Waals surface area (Å²) in [6, 6.07) is -0.0762. The molecule has 0 saturated carbocycles. The van der Waals surface area contributed by atoms with Crippen LogP contribution in [0, 0.1) is 10.8 Å². The van der Waals surface area contributed by atoms with E-state index >= 15 is 0 Å². The molecule has 2 bridgehead atoms. The summed E-state index contributed by atoms with van der Waals surface area (Å²) in [4.78, 5) is 24.8. The van der Waals surface area contributed by atoms with Gasteiger partial charge >= 0.3 is 11.4 Å². The molecule has 2 aliphatic heterocycles. The van der Waals surface area contributed by atoms with Crippen LogP contribution in [0.2, 0.25) is 0 Å². The lowest BCUT2D eigenvalue weighted by molar-refractivity contribution is -0.0513. The molecule has 0 radical (unpaired) electrons. The highest BCUT2D eigenvalue weighted by Crippen LogP contribution is 2.71. The lowest BCUT2D eigenvalue weighted by Crippen LogP contribution is -2.64. The first kappa shape index (κ1) is 10.7. The van der Waals surface area contributed by atoms with E-state index in [-0.39, 0.29) is 34.3 Å². The maximum atomic E-state index is 12.4. The summed E-state index contributed by atoms with van der Waals surface area (Å²) < 4.78 is 4.58. The predicted octanol–water partition coefficient (Wildman–Crippen LogP) is 0.907. The average molecular weight is 269 g/mol. The first-order valence-electron chi connectivity index (χ1n) is 7.06. The van der Waals surface area contributed by atoms with E-state index in [9.17, 15) is 9.59 Å². The molecule has 0 saturated heterocycles. The summed E-state index contributed by atoms with van der Waals surface area (Å²) in [6.07, 6.45) is 15.1. The van der Waals surface area contributed by atoms with Crippen molar-refractivity contribution in [2.24, 2.45) is 17.9 Å². The Morgan fingerprint density at radius 2 is 1.40 bits per heavy atom. The molecule has 0 aromatic carbocycles. The van der Waals surface area contributed by atoms with E-state index in [0.717, 1.165) is 12.8 Å². The normalized spacial score (nSPS) is 42.0. The van der Waals surface area contributed by atoms with Crippen molar-refractivity contribution in [2.45, 2.75) is 24.9 Å². The summed E-state index contributed by atoms with van der Waals surface area (Å²) in [7, 11) is 1.56. The quantitative estimate of drug-likeness (QED) is 0.657.